The van der Waals surface area contributed by atoms with Gasteiger partial charge in [-0.15, -0.1) is 11.3 Å². The molecular weight excluding hydrogens is 415 g/mol. The molecular formula is C20H20F3N5OS. The van der Waals surface area contributed by atoms with Crippen LogP contribution < -0.4 is 10.6 Å². The van der Waals surface area contributed by atoms with Crippen molar-refractivity contribution in [3.05, 3.63) is 53.4 Å². The highest BCUT2D eigenvalue weighted by atomic mass is 32.1. The van der Waals surface area contributed by atoms with E-state index in [-0.39, 0.29) is 5.95 Å². The highest BCUT2D eigenvalue weighted by Crippen LogP contribution is 2.38. The summed E-state index contributed by atoms with van der Waals surface area (Å²) in [7, 11) is 0. The molecule has 1 unspecified atom stereocenters. The van der Waals surface area contributed by atoms with Crippen LogP contribution in [0, 0.1) is 0 Å². The van der Waals surface area contributed by atoms with Crippen LogP contribution in [0.15, 0.2) is 42.7 Å². The first-order valence-electron chi connectivity index (χ1n) is 9.51. The zero-order valence-corrected chi connectivity index (χ0v) is 16.7. The number of hydrogen-bond acceptors (Lipinski definition) is 7. The van der Waals surface area contributed by atoms with Crippen LogP contribution in [0.3, 0.4) is 0 Å². The molecule has 30 heavy (non-hydrogen) atoms. The highest BCUT2D eigenvalue weighted by molar-refractivity contribution is 7.15. The Morgan fingerprint density at radius 2 is 2.00 bits per heavy atom. The lowest BCUT2D eigenvalue weighted by Gasteiger charge is -2.23. The van der Waals surface area contributed by atoms with Gasteiger partial charge in [-0.3, -0.25) is 0 Å². The number of aliphatic hydroxyl groups is 1. The van der Waals surface area contributed by atoms with Gasteiger partial charge < -0.3 is 15.7 Å². The van der Waals surface area contributed by atoms with E-state index >= 15 is 0 Å². The molecule has 0 spiro atoms. The predicted octanol–water partition coefficient (Wildman–Crippen LogP) is 4.32. The van der Waals surface area contributed by atoms with Crippen LogP contribution >= 0.6 is 11.3 Å². The fourth-order valence-corrected chi connectivity index (χ4v) is 4.40. The third-order valence-corrected chi connectivity index (χ3v) is 6.15. The summed E-state index contributed by atoms with van der Waals surface area (Å²) < 4.78 is 38.6. The maximum Gasteiger partial charge on any atom is 0.433 e. The lowest BCUT2D eigenvalue weighted by atomic mass is 9.96. The first-order valence-corrected chi connectivity index (χ1v) is 10.3. The molecule has 0 amide bonds. The van der Waals surface area contributed by atoms with Crippen molar-refractivity contribution in [2.75, 3.05) is 18.4 Å². The minimum Gasteiger partial charge on any atom is -0.383 e. The molecule has 1 aliphatic heterocycles. The third kappa shape index (κ3) is 4.61. The van der Waals surface area contributed by atoms with Crippen LogP contribution in [-0.4, -0.2) is 33.1 Å². The largest absolute Gasteiger partial charge is 0.433 e. The molecule has 0 radical (unpaired) electrons. The standard InChI is InChI=1S/C20H20F3N5OS/c21-20(22,23)16-5-9-25-18(28-16)27-14-4-1-3-13(11-14)15-12-26-17(30-15)19(29)6-2-8-24-10-7-19/h1,3-5,9,11-12,24,29H,2,6-8,10H2,(H,25,27,28). The first-order chi connectivity index (χ1) is 14.3. The van der Waals surface area contributed by atoms with E-state index in [1.807, 2.05) is 6.07 Å². The van der Waals surface area contributed by atoms with Crippen molar-refractivity contribution in [3.8, 4) is 10.4 Å². The number of halogens is 3. The van der Waals surface area contributed by atoms with Gasteiger partial charge in [-0.1, -0.05) is 12.1 Å². The fourth-order valence-electron chi connectivity index (χ4n) is 3.34. The molecule has 3 N–H and O–H groups in total. The van der Waals surface area contributed by atoms with Crippen LogP contribution in [0.5, 0.6) is 0 Å². The summed E-state index contributed by atoms with van der Waals surface area (Å²) in [6.07, 6.45) is 0.391. The zero-order valence-electron chi connectivity index (χ0n) is 15.9. The van der Waals surface area contributed by atoms with Gasteiger partial charge in [0, 0.05) is 18.1 Å². The Balaban J connectivity index is 1.55. The minimum absolute atomic E-state index is 0.132. The normalized spacial score (nSPS) is 20.0. The molecule has 1 fully saturated rings. The summed E-state index contributed by atoms with van der Waals surface area (Å²) in [4.78, 5) is 12.7. The number of aromatic nitrogens is 3. The van der Waals surface area contributed by atoms with Crippen molar-refractivity contribution in [1.82, 2.24) is 20.3 Å². The molecule has 1 aromatic carbocycles. The Hall–Kier alpha value is -2.56. The van der Waals surface area contributed by atoms with Gasteiger partial charge in [0.25, 0.3) is 0 Å². The van der Waals surface area contributed by atoms with E-state index in [9.17, 15) is 18.3 Å². The van der Waals surface area contributed by atoms with E-state index in [2.05, 4.69) is 25.6 Å². The zero-order chi connectivity index (χ0) is 21.2. The molecule has 0 saturated carbocycles. The maximum atomic E-state index is 12.9. The molecule has 4 rings (SSSR count). The molecule has 1 saturated heterocycles. The van der Waals surface area contributed by atoms with E-state index in [1.54, 1.807) is 24.4 Å². The van der Waals surface area contributed by atoms with Gasteiger partial charge >= 0.3 is 6.18 Å². The summed E-state index contributed by atoms with van der Waals surface area (Å²) in [6.45, 7) is 1.62. The van der Waals surface area contributed by atoms with Gasteiger partial charge in [0.1, 0.15) is 16.3 Å². The molecule has 3 aromatic rings. The number of alkyl halides is 3. The number of benzene rings is 1. The van der Waals surface area contributed by atoms with Crippen LogP contribution in [-0.2, 0) is 11.8 Å². The summed E-state index contributed by atoms with van der Waals surface area (Å²) in [5.41, 5.74) is -0.548. The summed E-state index contributed by atoms with van der Waals surface area (Å²) in [5.74, 6) is -0.132. The van der Waals surface area contributed by atoms with E-state index in [1.165, 1.54) is 11.3 Å². The number of rotatable bonds is 4. The monoisotopic (exact) mass is 435 g/mol. The summed E-state index contributed by atoms with van der Waals surface area (Å²) >= 11 is 1.42. The Labute approximate surface area is 175 Å². The third-order valence-electron chi connectivity index (χ3n) is 4.91. The van der Waals surface area contributed by atoms with Crippen LogP contribution in [0.25, 0.3) is 10.4 Å². The smallest absolute Gasteiger partial charge is 0.383 e. The second-order valence-electron chi connectivity index (χ2n) is 7.13. The van der Waals surface area contributed by atoms with Crippen LogP contribution in [0.4, 0.5) is 24.8 Å². The van der Waals surface area contributed by atoms with Crippen molar-refractivity contribution < 1.29 is 18.3 Å². The Kier molecular flexibility index (Phi) is 5.72. The Bertz CT molecular complexity index is 1020. The highest BCUT2D eigenvalue weighted by Gasteiger charge is 2.34. The van der Waals surface area contributed by atoms with E-state index in [0.717, 1.165) is 42.2 Å². The van der Waals surface area contributed by atoms with Crippen molar-refractivity contribution in [3.63, 3.8) is 0 Å². The Morgan fingerprint density at radius 1 is 1.13 bits per heavy atom. The maximum absolute atomic E-state index is 12.9. The van der Waals surface area contributed by atoms with Crippen LogP contribution in [0.2, 0.25) is 0 Å². The number of anilines is 2. The van der Waals surface area contributed by atoms with E-state index in [0.29, 0.717) is 23.5 Å². The number of nitrogens with zero attached hydrogens (tertiary/aromatic N) is 3. The molecule has 158 valence electrons. The topological polar surface area (TPSA) is 83.0 Å². The van der Waals surface area contributed by atoms with Gasteiger partial charge in [0.05, 0.1) is 4.88 Å². The quantitative estimate of drug-likeness (QED) is 0.566. The molecule has 3 heterocycles. The Morgan fingerprint density at radius 3 is 2.83 bits per heavy atom. The van der Waals surface area contributed by atoms with Crippen molar-refractivity contribution in [2.24, 2.45) is 0 Å². The van der Waals surface area contributed by atoms with Crippen LogP contribution in [0.1, 0.15) is 30.0 Å². The summed E-state index contributed by atoms with van der Waals surface area (Å²) in [6, 6.07) is 8.01. The molecule has 6 nitrogen and oxygen atoms in total. The predicted molar refractivity (Wildman–Crippen MR) is 108 cm³/mol. The number of nitrogens with one attached hydrogen (secondary N) is 2. The van der Waals surface area contributed by atoms with Gasteiger partial charge in [0.2, 0.25) is 5.95 Å². The lowest BCUT2D eigenvalue weighted by molar-refractivity contribution is -0.141. The van der Waals surface area contributed by atoms with Crippen molar-refractivity contribution in [1.29, 1.82) is 0 Å². The average Bonchev–Trinajstić information content (AvgIpc) is 3.12. The van der Waals surface area contributed by atoms with Gasteiger partial charge in [-0.05, 0) is 56.1 Å². The second kappa shape index (κ2) is 8.29. The van der Waals surface area contributed by atoms with E-state index in [4.69, 9.17) is 0 Å². The molecule has 0 aliphatic carbocycles. The molecule has 0 bridgehead atoms. The van der Waals surface area contributed by atoms with Crippen molar-refractivity contribution >= 4 is 23.0 Å². The minimum atomic E-state index is -4.53. The number of thiazole rings is 1. The van der Waals surface area contributed by atoms with Gasteiger partial charge in [0.15, 0.2) is 0 Å². The molecule has 10 heteroatoms. The first kappa shape index (κ1) is 20.7. The van der Waals surface area contributed by atoms with Gasteiger partial charge in [-0.2, -0.15) is 13.2 Å². The average molecular weight is 435 g/mol. The van der Waals surface area contributed by atoms with E-state index < -0.39 is 17.5 Å². The summed E-state index contributed by atoms with van der Waals surface area (Å²) in [5, 5.41) is 17.8. The van der Waals surface area contributed by atoms with Crippen molar-refractivity contribution in [2.45, 2.75) is 31.0 Å². The molecule has 1 aliphatic rings. The SMILES string of the molecule is OC1(c2ncc(-c3cccc(Nc4nccc(C(F)(F)F)n4)c3)s2)CCCNCC1. The number of hydrogen-bond donors (Lipinski definition) is 3. The second-order valence-corrected chi connectivity index (χ2v) is 8.16. The lowest BCUT2D eigenvalue weighted by Crippen LogP contribution is -2.26. The molecule has 2 aromatic heterocycles. The molecule has 1 atom stereocenters. The fraction of sp³-hybridized carbons (Fsp3) is 0.350. The van der Waals surface area contributed by atoms with Gasteiger partial charge in [-0.25, -0.2) is 15.0 Å².